The molecule has 1 fully saturated rings. The molecule has 0 aromatic carbocycles. The first-order chi connectivity index (χ1) is 12.1. The number of amides is 1. The smallest absolute Gasteiger partial charge is 0.222 e. The maximum absolute atomic E-state index is 12.3. The summed E-state index contributed by atoms with van der Waals surface area (Å²) in [6.07, 6.45) is 8.85. The molecular weight excluding hydrogens is 312 g/mol. The van der Waals surface area contributed by atoms with Crippen LogP contribution in [0.4, 0.5) is 0 Å². The minimum absolute atomic E-state index is 0.308. The van der Waals surface area contributed by atoms with Crippen molar-refractivity contribution < 1.29 is 4.79 Å². The molecule has 1 amide bonds. The van der Waals surface area contributed by atoms with E-state index >= 15 is 0 Å². The predicted molar refractivity (Wildman–Crippen MR) is 100 cm³/mol. The standard InChI is InChI=1S/C20H30N4O/c1-16(2)11-15-24-18(22-17-8-7-12-21-20(17)24)9-6-10-19(25)23-13-4-3-5-14-23/h7-8,12,16H,3-6,9-11,13-15H2,1-2H3. The average molecular weight is 342 g/mol. The molecule has 0 radical (unpaired) electrons. The topological polar surface area (TPSA) is 51.0 Å². The summed E-state index contributed by atoms with van der Waals surface area (Å²) in [5.41, 5.74) is 1.93. The lowest BCUT2D eigenvalue weighted by Gasteiger charge is -2.26. The number of carbonyl (C=O) groups excluding carboxylic acids is 1. The van der Waals surface area contributed by atoms with Crippen molar-refractivity contribution in [2.45, 2.75) is 65.3 Å². The summed E-state index contributed by atoms with van der Waals surface area (Å²) < 4.78 is 2.25. The van der Waals surface area contributed by atoms with Crippen molar-refractivity contribution in [2.24, 2.45) is 5.92 Å². The molecule has 25 heavy (non-hydrogen) atoms. The van der Waals surface area contributed by atoms with Gasteiger partial charge < -0.3 is 9.47 Å². The van der Waals surface area contributed by atoms with E-state index in [9.17, 15) is 4.79 Å². The lowest BCUT2D eigenvalue weighted by atomic mass is 10.1. The van der Waals surface area contributed by atoms with Crippen molar-refractivity contribution in [3.63, 3.8) is 0 Å². The van der Waals surface area contributed by atoms with Gasteiger partial charge >= 0.3 is 0 Å². The zero-order valence-corrected chi connectivity index (χ0v) is 15.6. The highest BCUT2D eigenvalue weighted by Crippen LogP contribution is 2.18. The third-order valence-electron chi connectivity index (χ3n) is 5.01. The van der Waals surface area contributed by atoms with E-state index in [1.54, 1.807) is 0 Å². The van der Waals surface area contributed by atoms with Crippen LogP contribution in [0.2, 0.25) is 0 Å². The molecule has 5 nitrogen and oxygen atoms in total. The van der Waals surface area contributed by atoms with E-state index in [1.165, 1.54) is 6.42 Å². The summed E-state index contributed by atoms with van der Waals surface area (Å²) in [5, 5.41) is 0. The second kappa shape index (κ2) is 8.45. The van der Waals surface area contributed by atoms with Gasteiger partial charge in [-0.15, -0.1) is 0 Å². The monoisotopic (exact) mass is 342 g/mol. The summed E-state index contributed by atoms with van der Waals surface area (Å²) in [6, 6.07) is 3.96. The maximum atomic E-state index is 12.3. The van der Waals surface area contributed by atoms with E-state index in [0.29, 0.717) is 18.2 Å². The van der Waals surface area contributed by atoms with Crippen LogP contribution in [0.1, 0.15) is 58.2 Å². The van der Waals surface area contributed by atoms with Crippen LogP contribution >= 0.6 is 0 Å². The molecule has 0 atom stereocenters. The molecule has 5 heteroatoms. The van der Waals surface area contributed by atoms with Crippen molar-refractivity contribution in [2.75, 3.05) is 13.1 Å². The molecule has 1 aliphatic heterocycles. The molecule has 0 bridgehead atoms. The van der Waals surface area contributed by atoms with Crippen molar-refractivity contribution in [1.29, 1.82) is 0 Å². The molecule has 1 aliphatic rings. The van der Waals surface area contributed by atoms with E-state index < -0.39 is 0 Å². The van der Waals surface area contributed by atoms with Crippen LogP contribution in [0.5, 0.6) is 0 Å². The Hall–Kier alpha value is -1.91. The third-order valence-corrected chi connectivity index (χ3v) is 5.01. The summed E-state index contributed by atoms with van der Waals surface area (Å²) in [5.74, 6) is 2.03. The molecule has 0 aliphatic carbocycles. The fourth-order valence-corrected chi connectivity index (χ4v) is 3.52. The van der Waals surface area contributed by atoms with E-state index in [0.717, 1.165) is 68.7 Å². The number of hydrogen-bond acceptors (Lipinski definition) is 3. The van der Waals surface area contributed by atoms with Crippen LogP contribution in [0.15, 0.2) is 18.3 Å². The normalized spacial score (nSPS) is 15.2. The average Bonchev–Trinajstić information content (AvgIpc) is 2.98. The maximum Gasteiger partial charge on any atom is 0.222 e. The Kier molecular flexibility index (Phi) is 6.05. The zero-order valence-electron chi connectivity index (χ0n) is 15.6. The second-order valence-corrected chi connectivity index (χ2v) is 7.50. The highest BCUT2D eigenvalue weighted by atomic mass is 16.2. The number of aryl methyl sites for hydroxylation is 2. The predicted octanol–water partition coefficient (Wildman–Crippen LogP) is 3.81. The SMILES string of the molecule is CC(C)CCn1c(CCCC(=O)N2CCCCC2)nc2cccnc21. The fourth-order valence-electron chi connectivity index (χ4n) is 3.52. The third kappa shape index (κ3) is 4.59. The van der Waals surface area contributed by atoms with Gasteiger partial charge in [0.1, 0.15) is 11.3 Å². The number of hydrogen-bond donors (Lipinski definition) is 0. The van der Waals surface area contributed by atoms with Crippen molar-refractivity contribution in [1.82, 2.24) is 19.4 Å². The van der Waals surface area contributed by atoms with Crippen LogP contribution < -0.4 is 0 Å². The minimum Gasteiger partial charge on any atom is -0.343 e. The number of aromatic nitrogens is 3. The van der Waals surface area contributed by atoms with Gasteiger partial charge in [0.15, 0.2) is 5.65 Å². The highest BCUT2D eigenvalue weighted by molar-refractivity contribution is 5.76. The van der Waals surface area contributed by atoms with Gasteiger partial charge in [-0.3, -0.25) is 4.79 Å². The largest absolute Gasteiger partial charge is 0.343 e. The van der Waals surface area contributed by atoms with Gasteiger partial charge in [0, 0.05) is 38.7 Å². The van der Waals surface area contributed by atoms with Crippen LogP contribution in [-0.4, -0.2) is 38.4 Å². The molecule has 0 saturated carbocycles. The molecule has 0 unspecified atom stereocenters. The lowest BCUT2D eigenvalue weighted by Crippen LogP contribution is -2.35. The molecule has 0 spiro atoms. The molecular formula is C20H30N4O. The van der Waals surface area contributed by atoms with Crippen molar-refractivity contribution >= 4 is 17.1 Å². The summed E-state index contributed by atoms with van der Waals surface area (Å²) in [6.45, 7) is 7.30. The Morgan fingerprint density at radius 3 is 2.80 bits per heavy atom. The Balaban J connectivity index is 1.63. The van der Waals surface area contributed by atoms with E-state index in [-0.39, 0.29) is 0 Å². The first-order valence-corrected chi connectivity index (χ1v) is 9.73. The van der Waals surface area contributed by atoms with Crippen LogP contribution in [-0.2, 0) is 17.8 Å². The Labute approximate surface area is 150 Å². The van der Waals surface area contributed by atoms with Gasteiger partial charge in [-0.25, -0.2) is 9.97 Å². The zero-order chi connectivity index (χ0) is 17.6. The van der Waals surface area contributed by atoms with Gasteiger partial charge in [0.25, 0.3) is 0 Å². The van der Waals surface area contributed by atoms with Gasteiger partial charge in [-0.2, -0.15) is 0 Å². The van der Waals surface area contributed by atoms with Gasteiger partial charge in [-0.1, -0.05) is 13.8 Å². The number of likely N-dealkylation sites (tertiary alicyclic amines) is 1. The molecule has 2 aromatic rings. The first kappa shape index (κ1) is 17.9. The van der Waals surface area contributed by atoms with E-state index in [4.69, 9.17) is 4.98 Å². The number of piperidine rings is 1. The number of nitrogens with zero attached hydrogens (tertiary/aromatic N) is 4. The molecule has 0 N–H and O–H groups in total. The molecule has 1 saturated heterocycles. The summed E-state index contributed by atoms with van der Waals surface area (Å²) >= 11 is 0. The van der Waals surface area contributed by atoms with Crippen molar-refractivity contribution in [3.8, 4) is 0 Å². The Bertz CT molecular complexity index is 701. The number of fused-ring (bicyclic) bond motifs is 1. The molecule has 2 aromatic heterocycles. The van der Waals surface area contributed by atoms with E-state index in [2.05, 4.69) is 23.4 Å². The second-order valence-electron chi connectivity index (χ2n) is 7.50. The number of imidazole rings is 1. The van der Waals surface area contributed by atoms with Crippen LogP contribution in [0.3, 0.4) is 0 Å². The summed E-state index contributed by atoms with van der Waals surface area (Å²) in [4.78, 5) is 23.7. The molecule has 136 valence electrons. The Morgan fingerprint density at radius 1 is 1.24 bits per heavy atom. The van der Waals surface area contributed by atoms with Crippen LogP contribution in [0.25, 0.3) is 11.2 Å². The fraction of sp³-hybridized carbons (Fsp3) is 0.650. The van der Waals surface area contributed by atoms with Crippen LogP contribution in [0, 0.1) is 5.92 Å². The summed E-state index contributed by atoms with van der Waals surface area (Å²) in [7, 11) is 0. The number of rotatable bonds is 7. The Morgan fingerprint density at radius 2 is 2.04 bits per heavy atom. The lowest BCUT2D eigenvalue weighted by molar-refractivity contribution is -0.132. The number of pyridine rings is 1. The quantitative estimate of drug-likeness (QED) is 0.769. The van der Waals surface area contributed by atoms with Gasteiger partial charge in [-0.05, 0) is 50.2 Å². The first-order valence-electron chi connectivity index (χ1n) is 9.73. The van der Waals surface area contributed by atoms with E-state index in [1.807, 2.05) is 23.2 Å². The highest BCUT2D eigenvalue weighted by Gasteiger charge is 2.17. The van der Waals surface area contributed by atoms with Crippen molar-refractivity contribution in [3.05, 3.63) is 24.2 Å². The minimum atomic E-state index is 0.308. The van der Waals surface area contributed by atoms with Gasteiger partial charge in [0.2, 0.25) is 5.91 Å². The van der Waals surface area contributed by atoms with Gasteiger partial charge in [0.05, 0.1) is 0 Å². The number of carbonyl (C=O) groups is 1. The molecule has 3 rings (SSSR count). The molecule has 3 heterocycles.